The van der Waals surface area contributed by atoms with Gasteiger partial charge in [-0.15, -0.1) is 0 Å². The lowest BCUT2D eigenvalue weighted by Crippen LogP contribution is -2.05. The molecule has 0 aromatic heterocycles. The monoisotopic (exact) mass is 246 g/mol. The molecular weight excluding hydrogens is 239 g/mol. The number of halogens is 2. The van der Waals surface area contributed by atoms with Crippen molar-refractivity contribution in [1.29, 1.82) is 0 Å². The minimum Gasteiger partial charge on any atom is -0.481 e. The van der Waals surface area contributed by atoms with Gasteiger partial charge < -0.3 is 5.11 Å². The molecule has 13 heavy (non-hydrogen) atoms. The van der Waals surface area contributed by atoms with Crippen molar-refractivity contribution in [3.8, 4) is 0 Å². The molecule has 0 aliphatic rings. The van der Waals surface area contributed by atoms with E-state index in [2.05, 4.69) is 15.9 Å². The molecule has 1 aromatic carbocycles. The number of carbonyl (C=O) groups is 1. The van der Waals surface area contributed by atoms with Crippen LogP contribution in [-0.2, 0) is 16.5 Å². The lowest BCUT2D eigenvalue weighted by molar-refractivity contribution is -0.136. The van der Waals surface area contributed by atoms with Crippen LogP contribution in [0.3, 0.4) is 0 Å². The topological polar surface area (TPSA) is 37.3 Å². The van der Waals surface area contributed by atoms with Gasteiger partial charge in [-0.05, 0) is 11.6 Å². The maximum absolute atomic E-state index is 13.1. The van der Waals surface area contributed by atoms with Crippen LogP contribution >= 0.6 is 15.9 Å². The molecule has 1 N–H and O–H groups in total. The molecule has 0 radical (unpaired) electrons. The van der Waals surface area contributed by atoms with Crippen LogP contribution in [-0.4, -0.2) is 11.1 Å². The number of benzene rings is 1. The van der Waals surface area contributed by atoms with E-state index in [4.69, 9.17) is 5.11 Å². The quantitative estimate of drug-likeness (QED) is 0.832. The van der Waals surface area contributed by atoms with Crippen LogP contribution in [0.25, 0.3) is 0 Å². The Balaban J connectivity index is 3.07. The minimum atomic E-state index is -1.02. The average molecular weight is 247 g/mol. The first kappa shape index (κ1) is 10.2. The lowest BCUT2D eigenvalue weighted by atomic mass is 10.1. The molecule has 0 spiro atoms. The van der Waals surface area contributed by atoms with Crippen LogP contribution in [0.1, 0.15) is 11.1 Å². The Morgan fingerprint density at radius 1 is 1.54 bits per heavy atom. The number of carboxylic acid groups (broad SMARTS) is 1. The van der Waals surface area contributed by atoms with Gasteiger partial charge in [0, 0.05) is 10.9 Å². The third kappa shape index (κ3) is 2.52. The van der Waals surface area contributed by atoms with Crippen molar-refractivity contribution in [2.45, 2.75) is 11.8 Å². The normalized spacial score (nSPS) is 10.0. The fraction of sp³-hybridized carbons (Fsp3) is 0.222. The van der Waals surface area contributed by atoms with E-state index in [-0.39, 0.29) is 12.0 Å². The van der Waals surface area contributed by atoms with Crippen molar-refractivity contribution in [1.82, 2.24) is 0 Å². The van der Waals surface area contributed by atoms with E-state index in [1.807, 2.05) is 0 Å². The molecule has 0 saturated heterocycles. The molecule has 0 heterocycles. The molecular formula is C9H8BrFO2. The second-order valence-corrected chi connectivity index (χ2v) is 3.14. The number of hydrogen-bond acceptors (Lipinski definition) is 1. The zero-order valence-electron chi connectivity index (χ0n) is 6.76. The predicted molar refractivity (Wildman–Crippen MR) is 50.4 cm³/mol. The highest BCUT2D eigenvalue weighted by Gasteiger charge is 2.10. The Labute approximate surface area is 83.5 Å². The Kier molecular flexibility index (Phi) is 3.42. The summed E-state index contributed by atoms with van der Waals surface area (Å²) in [5, 5.41) is 8.99. The maximum Gasteiger partial charge on any atom is 0.307 e. The summed E-state index contributed by atoms with van der Waals surface area (Å²) in [5.74, 6) is -1.48. The summed E-state index contributed by atoms with van der Waals surface area (Å²) in [6, 6.07) is 4.54. The minimum absolute atomic E-state index is 0.256. The Bertz CT molecular complexity index is 325. The molecule has 0 bridgehead atoms. The van der Waals surface area contributed by atoms with Gasteiger partial charge in [-0.1, -0.05) is 28.1 Å². The zero-order valence-corrected chi connectivity index (χ0v) is 8.34. The Morgan fingerprint density at radius 3 is 2.77 bits per heavy atom. The maximum atomic E-state index is 13.1. The van der Waals surface area contributed by atoms with E-state index in [9.17, 15) is 9.18 Å². The van der Waals surface area contributed by atoms with E-state index in [1.54, 1.807) is 12.1 Å². The predicted octanol–water partition coefficient (Wildman–Crippen LogP) is 2.35. The van der Waals surface area contributed by atoms with Crippen molar-refractivity contribution in [2.24, 2.45) is 0 Å². The lowest BCUT2D eigenvalue weighted by Gasteiger charge is -2.05. The Hall–Kier alpha value is -0.900. The fourth-order valence-electron chi connectivity index (χ4n) is 1.08. The van der Waals surface area contributed by atoms with Gasteiger partial charge in [0.05, 0.1) is 6.42 Å². The van der Waals surface area contributed by atoms with Crippen molar-refractivity contribution in [3.05, 3.63) is 35.1 Å². The molecule has 0 aliphatic heterocycles. The van der Waals surface area contributed by atoms with Gasteiger partial charge >= 0.3 is 5.97 Å². The summed E-state index contributed by atoms with van der Waals surface area (Å²) < 4.78 is 13.1. The average Bonchev–Trinajstić information content (AvgIpc) is 2.08. The summed E-state index contributed by atoms with van der Waals surface area (Å²) >= 11 is 3.17. The second kappa shape index (κ2) is 4.37. The highest BCUT2D eigenvalue weighted by atomic mass is 79.9. The number of rotatable bonds is 3. The molecule has 4 heteroatoms. The number of carboxylic acids is 1. The Morgan fingerprint density at radius 2 is 2.23 bits per heavy atom. The van der Waals surface area contributed by atoms with Crippen LogP contribution in [0.5, 0.6) is 0 Å². The van der Waals surface area contributed by atoms with Gasteiger partial charge in [0.2, 0.25) is 0 Å². The third-order valence-electron chi connectivity index (χ3n) is 1.69. The standard InChI is InChI=1S/C9H8BrFO2/c10-5-6-2-1-3-8(11)7(6)4-9(12)13/h1-3H,4-5H2,(H,12,13). The SMILES string of the molecule is O=C(O)Cc1c(F)cccc1CBr. The van der Waals surface area contributed by atoms with Crippen LogP contribution in [0.4, 0.5) is 4.39 Å². The van der Waals surface area contributed by atoms with Gasteiger partial charge in [0.25, 0.3) is 0 Å². The smallest absolute Gasteiger partial charge is 0.307 e. The summed E-state index contributed by atoms with van der Waals surface area (Å²) in [6.07, 6.45) is -0.270. The number of aliphatic carboxylic acids is 1. The second-order valence-electron chi connectivity index (χ2n) is 2.58. The van der Waals surface area contributed by atoms with E-state index < -0.39 is 11.8 Å². The van der Waals surface area contributed by atoms with E-state index in [0.29, 0.717) is 10.9 Å². The molecule has 2 nitrogen and oxygen atoms in total. The first-order chi connectivity index (χ1) is 6.15. The van der Waals surface area contributed by atoms with Gasteiger partial charge in [-0.3, -0.25) is 4.79 Å². The summed E-state index contributed by atoms with van der Waals surface area (Å²) in [6.45, 7) is 0. The van der Waals surface area contributed by atoms with E-state index >= 15 is 0 Å². The molecule has 70 valence electrons. The molecule has 0 aliphatic carbocycles. The molecule has 0 fully saturated rings. The highest BCUT2D eigenvalue weighted by Crippen LogP contribution is 2.16. The van der Waals surface area contributed by atoms with Gasteiger partial charge in [-0.25, -0.2) is 4.39 Å². The largest absolute Gasteiger partial charge is 0.481 e. The first-order valence-corrected chi connectivity index (χ1v) is 4.81. The number of alkyl halides is 1. The summed E-state index contributed by atoms with van der Waals surface area (Å²) in [5.41, 5.74) is 0.939. The van der Waals surface area contributed by atoms with Crippen LogP contribution in [0.15, 0.2) is 18.2 Å². The van der Waals surface area contributed by atoms with Crippen molar-refractivity contribution in [3.63, 3.8) is 0 Å². The molecule has 1 rings (SSSR count). The molecule has 0 atom stereocenters. The van der Waals surface area contributed by atoms with Gasteiger partial charge in [-0.2, -0.15) is 0 Å². The molecule has 0 saturated carbocycles. The highest BCUT2D eigenvalue weighted by molar-refractivity contribution is 9.08. The summed E-state index contributed by atoms with van der Waals surface area (Å²) in [7, 11) is 0. The van der Waals surface area contributed by atoms with Gasteiger partial charge in [0.15, 0.2) is 0 Å². The zero-order chi connectivity index (χ0) is 9.84. The van der Waals surface area contributed by atoms with Gasteiger partial charge in [0.1, 0.15) is 5.82 Å². The van der Waals surface area contributed by atoms with E-state index in [0.717, 1.165) is 0 Å². The van der Waals surface area contributed by atoms with Crippen molar-refractivity contribution < 1.29 is 14.3 Å². The number of hydrogen-bond donors (Lipinski definition) is 1. The van der Waals surface area contributed by atoms with Crippen LogP contribution in [0.2, 0.25) is 0 Å². The summed E-state index contributed by atoms with van der Waals surface area (Å²) in [4.78, 5) is 10.4. The van der Waals surface area contributed by atoms with Crippen LogP contribution in [0, 0.1) is 5.82 Å². The molecule has 1 aromatic rings. The fourth-order valence-corrected chi connectivity index (χ4v) is 1.60. The van der Waals surface area contributed by atoms with Crippen LogP contribution < -0.4 is 0 Å². The van der Waals surface area contributed by atoms with Crippen molar-refractivity contribution in [2.75, 3.05) is 0 Å². The third-order valence-corrected chi connectivity index (χ3v) is 2.29. The molecule has 0 unspecified atom stereocenters. The molecule has 0 amide bonds. The van der Waals surface area contributed by atoms with E-state index in [1.165, 1.54) is 6.07 Å². The first-order valence-electron chi connectivity index (χ1n) is 3.69. The van der Waals surface area contributed by atoms with Crippen molar-refractivity contribution >= 4 is 21.9 Å².